The van der Waals surface area contributed by atoms with E-state index in [0.717, 1.165) is 18.7 Å². The number of aliphatic hydroxyl groups is 1. The van der Waals surface area contributed by atoms with Crippen LogP contribution in [0.15, 0.2) is 18.3 Å². The molecule has 0 radical (unpaired) electrons. The number of nitrogens with zero attached hydrogens (tertiary/aromatic N) is 2. The third-order valence-corrected chi connectivity index (χ3v) is 2.30. The summed E-state index contributed by atoms with van der Waals surface area (Å²) in [6.45, 7) is 4.58. The zero-order valence-electron chi connectivity index (χ0n) is 9.31. The fourth-order valence-corrected chi connectivity index (χ4v) is 1.46. The Morgan fingerprint density at radius 3 is 2.93 bits per heavy atom. The Kier molecular flexibility index (Phi) is 5.07. The predicted molar refractivity (Wildman–Crippen MR) is 58.8 cm³/mol. The molecule has 4 nitrogen and oxygen atoms in total. The summed E-state index contributed by atoms with van der Waals surface area (Å²) in [5.74, 6) is 0.661. The van der Waals surface area contributed by atoms with Crippen LogP contribution in [-0.4, -0.2) is 41.8 Å². The first kappa shape index (κ1) is 11.9. The molecule has 0 atom stereocenters. The molecule has 0 amide bonds. The summed E-state index contributed by atoms with van der Waals surface area (Å²) in [4.78, 5) is 6.27. The number of methoxy groups -OCH3 is 1. The fraction of sp³-hybridized carbons (Fsp3) is 0.545. The van der Waals surface area contributed by atoms with Crippen LogP contribution in [0.2, 0.25) is 0 Å². The second-order valence-corrected chi connectivity index (χ2v) is 3.26. The van der Waals surface area contributed by atoms with Crippen molar-refractivity contribution in [1.82, 2.24) is 9.88 Å². The van der Waals surface area contributed by atoms with Crippen LogP contribution in [0.4, 0.5) is 0 Å². The lowest BCUT2D eigenvalue weighted by molar-refractivity contribution is 0.195. The number of hydrogen-bond acceptors (Lipinski definition) is 4. The summed E-state index contributed by atoms with van der Waals surface area (Å²) in [6, 6.07) is 3.89. The van der Waals surface area contributed by atoms with Crippen LogP contribution in [0.5, 0.6) is 5.88 Å². The van der Waals surface area contributed by atoms with Crippen molar-refractivity contribution < 1.29 is 9.84 Å². The van der Waals surface area contributed by atoms with Crippen molar-refractivity contribution in [3.05, 3.63) is 23.9 Å². The quantitative estimate of drug-likeness (QED) is 0.758. The van der Waals surface area contributed by atoms with Gasteiger partial charge in [0.25, 0.3) is 0 Å². The van der Waals surface area contributed by atoms with E-state index in [9.17, 15) is 0 Å². The van der Waals surface area contributed by atoms with E-state index in [2.05, 4.69) is 16.8 Å². The minimum Gasteiger partial charge on any atom is -0.481 e. The minimum absolute atomic E-state index is 0.177. The standard InChI is InChI=1S/C11H18N2O2/c1-3-13(7-8-14)9-10-5-4-6-12-11(10)15-2/h4-6,14H,3,7-9H2,1-2H3. The minimum atomic E-state index is 0.177. The molecule has 0 saturated heterocycles. The molecule has 0 aliphatic rings. The molecule has 84 valence electrons. The lowest BCUT2D eigenvalue weighted by Crippen LogP contribution is -2.26. The van der Waals surface area contributed by atoms with Gasteiger partial charge >= 0.3 is 0 Å². The first-order valence-corrected chi connectivity index (χ1v) is 5.13. The maximum absolute atomic E-state index is 8.88. The average Bonchev–Trinajstić information content (AvgIpc) is 2.29. The molecule has 0 aromatic carbocycles. The van der Waals surface area contributed by atoms with Crippen molar-refractivity contribution in [2.75, 3.05) is 26.8 Å². The summed E-state index contributed by atoms with van der Waals surface area (Å²) in [5, 5.41) is 8.88. The maximum atomic E-state index is 8.88. The van der Waals surface area contributed by atoms with Crippen LogP contribution in [0, 0.1) is 0 Å². The summed E-state index contributed by atoms with van der Waals surface area (Å²) in [5.41, 5.74) is 1.05. The molecule has 0 spiro atoms. The molecule has 0 bridgehead atoms. The van der Waals surface area contributed by atoms with E-state index < -0.39 is 0 Å². The molecule has 15 heavy (non-hydrogen) atoms. The first-order chi connectivity index (χ1) is 7.31. The smallest absolute Gasteiger partial charge is 0.217 e. The zero-order valence-corrected chi connectivity index (χ0v) is 9.31. The molecule has 0 aliphatic carbocycles. The van der Waals surface area contributed by atoms with Crippen LogP contribution in [0.1, 0.15) is 12.5 Å². The van der Waals surface area contributed by atoms with Gasteiger partial charge in [-0.1, -0.05) is 13.0 Å². The van der Waals surface area contributed by atoms with Gasteiger partial charge in [-0.15, -0.1) is 0 Å². The third kappa shape index (κ3) is 3.49. The van der Waals surface area contributed by atoms with Crippen LogP contribution in [-0.2, 0) is 6.54 Å². The first-order valence-electron chi connectivity index (χ1n) is 5.13. The number of aliphatic hydroxyl groups excluding tert-OH is 1. The largest absolute Gasteiger partial charge is 0.481 e. The van der Waals surface area contributed by atoms with E-state index in [1.165, 1.54) is 0 Å². The van der Waals surface area contributed by atoms with Crippen LogP contribution in [0.3, 0.4) is 0 Å². The highest BCUT2D eigenvalue weighted by Crippen LogP contribution is 2.15. The fourth-order valence-electron chi connectivity index (χ4n) is 1.46. The molecule has 0 aliphatic heterocycles. The normalized spacial score (nSPS) is 10.7. The molecule has 4 heteroatoms. The van der Waals surface area contributed by atoms with E-state index in [1.54, 1.807) is 13.3 Å². The topological polar surface area (TPSA) is 45.6 Å². The van der Waals surface area contributed by atoms with Gasteiger partial charge in [0, 0.05) is 24.8 Å². The van der Waals surface area contributed by atoms with Crippen molar-refractivity contribution in [3.63, 3.8) is 0 Å². The summed E-state index contributed by atoms with van der Waals surface area (Å²) < 4.78 is 5.17. The number of likely N-dealkylation sites (N-methyl/N-ethyl adjacent to an activating group) is 1. The number of rotatable bonds is 6. The summed E-state index contributed by atoms with van der Waals surface area (Å²) in [6.07, 6.45) is 1.71. The van der Waals surface area contributed by atoms with Crippen molar-refractivity contribution in [1.29, 1.82) is 0 Å². The molecule has 1 rings (SSSR count). The van der Waals surface area contributed by atoms with Gasteiger partial charge in [-0.05, 0) is 12.6 Å². The molecular weight excluding hydrogens is 192 g/mol. The Hall–Kier alpha value is -1.13. The van der Waals surface area contributed by atoms with Gasteiger partial charge in [0.1, 0.15) is 0 Å². The van der Waals surface area contributed by atoms with E-state index in [-0.39, 0.29) is 6.61 Å². The summed E-state index contributed by atoms with van der Waals surface area (Å²) >= 11 is 0. The van der Waals surface area contributed by atoms with Crippen LogP contribution in [0.25, 0.3) is 0 Å². The Morgan fingerprint density at radius 2 is 2.33 bits per heavy atom. The maximum Gasteiger partial charge on any atom is 0.217 e. The van der Waals surface area contributed by atoms with E-state index in [0.29, 0.717) is 12.4 Å². The highest BCUT2D eigenvalue weighted by atomic mass is 16.5. The molecule has 1 heterocycles. The molecule has 1 N–H and O–H groups in total. The van der Waals surface area contributed by atoms with Gasteiger partial charge in [0.05, 0.1) is 13.7 Å². The van der Waals surface area contributed by atoms with E-state index in [4.69, 9.17) is 9.84 Å². The number of hydrogen-bond donors (Lipinski definition) is 1. The molecule has 1 aromatic rings. The predicted octanol–water partition coefficient (Wildman–Crippen LogP) is 0.904. The monoisotopic (exact) mass is 210 g/mol. The zero-order chi connectivity index (χ0) is 11.1. The van der Waals surface area contributed by atoms with Gasteiger partial charge in [-0.3, -0.25) is 4.90 Å². The Bertz CT molecular complexity index is 292. The highest BCUT2D eigenvalue weighted by Gasteiger charge is 2.07. The van der Waals surface area contributed by atoms with Crippen molar-refractivity contribution >= 4 is 0 Å². The number of pyridine rings is 1. The second-order valence-electron chi connectivity index (χ2n) is 3.26. The van der Waals surface area contributed by atoms with Gasteiger partial charge in [0.2, 0.25) is 5.88 Å². The summed E-state index contributed by atoms with van der Waals surface area (Å²) in [7, 11) is 1.62. The number of aromatic nitrogens is 1. The molecule has 0 unspecified atom stereocenters. The molecule has 1 aromatic heterocycles. The van der Waals surface area contributed by atoms with Crippen molar-refractivity contribution in [2.45, 2.75) is 13.5 Å². The van der Waals surface area contributed by atoms with Gasteiger partial charge in [-0.25, -0.2) is 4.98 Å². The van der Waals surface area contributed by atoms with Crippen molar-refractivity contribution in [2.24, 2.45) is 0 Å². The third-order valence-electron chi connectivity index (χ3n) is 2.30. The molecule has 0 fully saturated rings. The highest BCUT2D eigenvalue weighted by molar-refractivity contribution is 5.25. The van der Waals surface area contributed by atoms with E-state index in [1.807, 2.05) is 12.1 Å². The van der Waals surface area contributed by atoms with Crippen molar-refractivity contribution in [3.8, 4) is 5.88 Å². The van der Waals surface area contributed by atoms with Gasteiger partial charge < -0.3 is 9.84 Å². The lowest BCUT2D eigenvalue weighted by Gasteiger charge is -2.19. The van der Waals surface area contributed by atoms with Crippen LogP contribution >= 0.6 is 0 Å². The Labute approximate surface area is 90.5 Å². The number of ether oxygens (including phenoxy) is 1. The second kappa shape index (κ2) is 6.37. The Morgan fingerprint density at radius 1 is 1.53 bits per heavy atom. The molecule has 0 saturated carbocycles. The molecular formula is C11H18N2O2. The van der Waals surface area contributed by atoms with Gasteiger partial charge in [-0.2, -0.15) is 0 Å². The van der Waals surface area contributed by atoms with Crippen LogP contribution < -0.4 is 4.74 Å². The average molecular weight is 210 g/mol. The lowest BCUT2D eigenvalue weighted by atomic mass is 10.2. The van der Waals surface area contributed by atoms with Gasteiger partial charge in [0.15, 0.2) is 0 Å². The van der Waals surface area contributed by atoms with E-state index >= 15 is 0 Å². The SMILES string of the molecule is CCN(CCO)Cc1cccnc1OC. The Balaban J connectivity index is 2.69.